The maximum atomic E-state index is 10.7. The SMILES string of the molecule is Cc1cc([N+](=O)[O-])ccc1N=C1OCC(C(C)C)N1C. The quantitative estimate of drug-likeness (QED) is 0.629. The molecule has 20 heavy (non-hydrogen) atoms. The number of benzene rings is 1. The zero-order chi connectivity index (χ0) is 14.9. The highest BCUT2D eigenvalue weighted by Crippen LogP contribution is 2.26. The highest BCUT2D eigenvalue weighted by atomic mass is 16.6. The molecule has 6 nitrogen and oxygen atoms in total. The Morgan fingerprint density at radius 3 is 2.70 bits per heavy atom. The van der Waals surface area contributed by atoms with Crippen molar-refractivity contribution in [1.29, 1.82) is 0 Å². The van der Waals surface area contributed by atoms with Gasteiger partial charge in [-0.25, -0.2) is 0 Å². The number of amidine groups is 1. The molecule has 1 fully saturated rings. The van der Waals surface area contributed by atoms with Gasteiger partial charge in [-0.2, -0.15) is 4.99 Å². The number of hydrogen-bond donors (Lipinski definition) is 0. The van der Waals surface area contributed by atoms with Crippen LogP contribution < -0.4 is 0 Å². The van der Waals surface area contributed by atoms with Gasteiger partial charge in [-0.15, -0.1) is 0 Å². The fourth-order valence-corrected chi connectivity index (χ4v) is 2.25. The number of nitrogens with zero attached hydrogens (tertiary/aromatic N) is 3. The molecule has 108 valence electrons. The third-order valence-corrected chi connectivity index (χ3v) is 3.56. The molecule has 0 amide bonds. The maximum Gasteiger partial charge on any atom is 0.292 e. The van der Waals surface area contributed by atoms with Crippen molar-refractivity contribution < 1.29 is 9.66 Å². The van der Waals surface area contributed by atoms with E-state index >= 15 is 0 Å². The number of nitro groups is 1. The molecule has 1 aliphatic heterocycles. The van der Waals surface area contributed by atoms with E-state index in [0.29, 0.717) is 30.3 Å². The highest BCUT2D eigenvalue weighted by Gasteiger charge is 2.30. The van der Waals surface area contributed by atoms with Gasteiger partial charge < -0.3 is 9.64 Å². The first kappa shape index (κ1) is 14.3. The average Bonchev–Trinajstić information content (AvgIpc) is 2.73. The van der Waals surface area contributed by atoms with Gasteiger partial charge in [0, 0.05) is 19.2 Å². The standard InChI is InChI=1S/C14H19N3O3/c1-9(2)13-8-20-14(16(13)4)15-12-6-5-11(17(18)19)7-10(12)3/h5-7,9,13H,8H2,1-4H3. The van der Waals surface area contributed by atoms with Gasteiger partial charge in [0.2, 0.25) is 0 Å². The Hall–Kier alpha value is -2.11. The van der Waals surface area contributed by atoms with Crippen molar-refractivity contribution in [2.45, 2.75) is 26.8 Å². The molecule has 1 atom stereocenters. The zero-order valence-corrected chi connectivity index (χ0v) is 12.2. The van der Waals surface area contributed by atoms with Gasteiger partial charge in [0.1, 0.15) is 6.61 Å². The normalized spacial score (nSPS) is 20.6. The van der Waals surface area contributed by atoms with Crippen LogP contribution in [0.3, 0.4) is 0 Å². The molecule has 1 aliphatic rings. The summed E-state index contributed by atoms with van der Waals surface area (Å²) in [6.07, 6.45) is 0. The lowest BCUT2D eigenvalue weighted by Gasteiger charge is -2.21. The molecule has 0 spiro atoms. The molecule has 0 N–H and O–H groups in total. The summed E-state index contributed by atoms with van der Waals surface area (Å²) in [7, 11) is 1.96. The monoisotopic (exact) mass is 277 g/mol. The fraction of sp³-hybridized carbons (Fsp3) is 0.500. The zero-order valence-electron chi connectivity index (χ0n) is 12.2. The minimum absolute atomic E-state index is 0.0761. The van der Waals surface area contributed by atoms with Crippen molar-refractivity contribution in [3.8, 4) is 0 Å². The smallest absolute Gasteiger partial charge is 0.292 e. The van der Waals surface area contributed by atoms with Crippen LogP contribution in [0.5, 0.6) is 0 Å². The third-order valence-electron chi connectivity index (χ3n) is 3.56. The van der Waals surface area contributed by atoms with E-state index < -0.39 is 4.92 Å². The number of hydrogen-bond acceptors (Lipinski definition) is 4. The third kappa shape index (κ3) is 2.74. The maximum absolute atomic E-state index is 10.7. The van der Waals surface area contributed by atoms with Gasteiger partial charge in [0.25, 0.3) is 11.7 Å². The summed E-state index contributed by atoms with van der Waals surface area (Å²) in [6.45, 7) is 6.72. The lowest BCUT2D eigenvalue weighted by molar-refractivity contribution is -0.384. The minimum atomic E-state index is -0.406. The second kappa shape index (κ2) is 5.48. The number of non-ortho nitro benzene ring substituents is 1. The van der Waals surface area contributed by atoms with Gasteiger partial charge in [0.15, 0.2) is 0 Å². The molecule has 0 saturated carbocycles. The van der Waals surface area contributed by atoms with Crippen LogP contribution in [0.1, 0.15) is 19.4 Å². The summed E-state index contributed by atoms with van der Waals surface area (Å²) in [6, 6.07) is 5.52. The Balaban J connectivity index is 2.26. The predicted octanol–water partition coefficient (Wildman–Crippen LogP) is 2.88. The first-order chi connectivity index (χ1) is 9.40. The molecule has 1 unspecified atom stereocenters. The summed E-state index contributed by atoms with van der Waals surface area (Å²) in [5.74, 6) is 0.477. The molecule has 6 heteroatoms. The molecule has 1 aromatic carbocycles. The molecule has 1 saturated heterocycles. The lowest BCUT2D eigenvalue weighted by atomic mass is 10.1. The van der Waals surface area contributed by atoms with Crippen LogP contribution in [0.25, 0.3) is 0 Å². The van der Waals surface area contributed by atoms with E-state index in [1.807, 2.05) is 11.9 Å². The summed E-state index contributed by atoms with van der Waals surface area (Å²) in [5, 5.41) is 10.7. The predicted molar refractivity (Wildman–Crippen MR) is 77.3 cm³/mol. The van der Waals surface area contributed by atoms with Crippen LogP contribution >= 0.6 is 0 Å². The molecule has 1 aromatic rings. The largest absolute Gasteiger partial charge is 0.463 e. The Morgan fingerprint density at radius 1 is 1.50 bits per heavy atom. The average molecular weight is 277 g/mol. The first-order valence-corrected chi connectivity index (χ1v) is 6.59. The van der Waals surface area contributed by atoms with Crippen molar-refractivity contribution in [2.24, 2.45) is 10.9 Å². The Morgan fingerprint density at radius 2 is 2.20 bits per heavy atom. The topological polar surface area (TPSA) is 68.0 Å². The summed E-state index contributed by atoms with van der Waals surface area (Å²) >= 11 is 0. The molecule has 0 aromatic heterocycles. The highest BCUT2D eigenvalue weighted by molar-refractivity contribution is 5.79. The molecule has 1 heterocycles. The number of likely N-dealkylation sites (N-methyl/N-ethyl adjacent to an activating group) is 1. The second-order valence-electron chi connectivity index (χ2n) is 5.36. The van der Waals surface area contributed by atoms with Gasteiger partial charge in [-0.3, -0.25) is 10.1 Å². The molecular weight excluding hydrogens is 258 g/mol. The van der Waals surface area contributed by atoms with E-state index in [9.17, 15) is 10.1 Å². The van der Waals surface area contributed by atoms with Crippen LogP contribution in [0.15, 0.2) is 23.2 Å². The second-order valence-corrected chi connectivity index (χ2v) is 5.36. The van der Waals surface area contributed by atoms with Gasteiger partial charge in [-0.05, 0) is 24.5 Å². The van der Waals surface area contributed by atoms with Crippen molar-refractivity contribution >= 4 is 17.4 Å². The van der Waals surface area contributed by atoms with Crippen LogP contribution in [0, 0.1) is 23.0 Å². The van der Waals surface area contributed by atoms with Crippen molar-refractivity contribution in [3.63, 3.8) is 0 Å². The van der Waals surface area contributed by atoms with E-state index in [4.69, 9.17) is 4.74 Å². The van der Waals surface area contributed by atoms with Crippen molar-refractivity contribution in [2.75, 3.05) is 13.7 Å². The van der Waals surface area contributed by atoms with E-state index in [0.717, 1.165) is 5.56 Å². The van der Waals surface area contributed by atoms with Crippen LogP contribution in [0.2, 0.25) is 0 Å². The van der Waals surface area contributed by atoms with Gasteiger partial charge >= 0.3 is 0 Å². The Bertz CT molecular complexity index is 555. The first-order valence-electron chi connectivity index (χ1n) is 6.59. The molecule has 0 radical (unpaired) electrons. The van der Waals surface area contributed by atoms with E-state index in [1.54, 1.807) is 13.0 Å². The minimum Gasteiger partial charge on any atom is -0.463 e. The molecule has 2 rings (SSSR count). The molecule has 0 aliphatic carbocycles. The van der Waals surface area contributed by atoms with E-state index in [2.05, 4.69) is 18.8 Å². The van der Waals surface area contributed by atoms with Crippen molar-refractivity contribution in [3.05, 3.63) is 33.9 Å². The lowest BCUT2D eigenvalue weighted by Crippen LogP contribution is -2.34. The van der Waals surface area contributed by atoms with Gasteiger partial charge in [-0.1, -0.05) is 13.8 Å². The van der Waals surface area contributed by atoms with Gasteiger partial charge in [0.05, 0.1) is 16.7 Å². The molecular formula is C14H19N3O3. The van der Waals surface area contributed by atoms with E-state index in [1.165, 1.54) is 12.1 Å². The fourth-order valence-electron chi connectivity index (χ4n) is 2.25. The summed E-state index contributed by atoms with van der Waals surface area (Å²) in [5.41, 5.74) is 1.53. The van der Waals surface area contributed by atoms with Crippen LogP contribution in [-0.2, 0) is 4.74 Å². The Labute approximate surface area is 118 Å². The number of aliphatic imine (C=N–C) groups is 1. The summed E-state index contributed by atoms with van der Waals surface area (Å²) in [4.78, 5) is 16.8. The number of ether oxygens (including phenoxy) is 1. The molecule has 0 bridgehead atoms. The number of rotatable bonds is 3. The van der Waals surface area contributed by atoms with E-state index in [-0.39, 0.29) is 5.69 Å². The Kier molecular flexibility index (Phi) is 3.92. The number of aryl methyl sites for hydroxylation is 1. The van der Waals surface area contributed by atoms with Crippen LogP contribution in [-0.4, -0.2) is 35.5 Å². The van der Waals surface area contributed by atoms with Crippen molar-refractivity contribution in [1.82, 2.24) is 4.90 Å². The summed E-state index contributed by atoms with van der Waals surface area (Å²) < 4.78 is 5.62. The number of nitro benzene ring substituents is 1. The van der Waals surface area contributed by atoms with Crippen LogP contribution in [0.4, 0.5) is 11.4 Å².